The molecular formula is C9H18O4S2. The van der Waals surface area contributed by atoms with E-state index in [2.05, 4.69) is 0 Å². The Kier molecular flexibility index (Phi) is 4.17. The van der Waals surface area contributed by atoms with Gasteiger partial charge < -0.3 is 0 Å². The summed E-state index contributed by atoms with van der Waals surface area (Å²) in [6.07, 6.45) is 4.11. The van der Waals surface area contributed by atoms with Crippen LogP contribution in [0.5, 0.6) is 0 Å². The maximum atomic E-state index is 11.8. The highest BCUT2D eigenvalue weighted by Crippen LogP contribution is 2.24. The van der Waals surface area contributed by atoms with Gasteiger partial charge in [-0.25, -0.2) is 16.8 Å². The summed E-state index contributed by atoms with van der Waals surface area (Å²) >= 11 is 0. The van der Waals surface area contributed by atoms with E-state index < -0.39 is 30.0 Å². The molecule has 90 valence electrons. The van der Waals surface area contributed by atoms with Gasteiger partial charge in [0.15, 0.2) is 24.8 Å². The first-order valence-electron chi connectivity index (χ1n) is 5.29. The van der Waals surface area contributed by atoms with E-state index in [4.69, 9.17) is 0 Å². The van der Waals surface area contributed by atoms with Gasteiger partial charge in [-0.2, -0.15) is 0 Å². The van der Waals surface area contributed by atoms with Crippen molar-refractivity contribution in [3.63, 3.8) is 0 Å². The summed E-state index contributed by atoms with van der Waals surface area (Å²) in [5, 5.41) is -1.09. The fourth-order valence-electron chi connectivity index (χ4n) is 1.85. The Morgan fingerprint density at radius 2 is 1.53 bits per heavy atom. The van der Waals surface area contributed by atoms with E-state index in [0.29, 0.717) is 12.8 Å². The molecule has 0 aromatic rings. The Hall–Kier alpha value is -0.100. The third kappa shape index (κ3) is 3.75. The van der Waals surface area contributed by atoms with Crippen LogP contribution in [-0.2, 0) is 19.7 Å². The molecule has 1 fully saturated rings. The van der Waals surface area contributed by atoms with Crippen LogP contribution in [0.4, 0.5) is 0 Å². The van der Waals surface area contributed by atoms with E-state index in [0.717, 1.165) is 19.3 Å². The average molecular weight is 254 g/mol. The summed E-state index contributed by atoms with van der Waals surface area (Å²) in [5.41, 5.74) is 0. The third-order valence-electron chi connectivity index (χ3n) is 2.84. The molecule has 0 aromatic heterocycles. The minimum Gasteiger partial charge on any atom is -0.228 e. The maximum absolute atomic E-state index is 11.8. The number of hydrogen-bond donors (Lipinski definition) is 0. The topological polar surface area (TPSA) is 68.3 Å². The summed E-state index contributed by atoms with van der Waals surface area (Å²) < 4.78 is 46.1. The summed E-state index contributed by atoms with van der Waals surface area (Å²) in [5.74, 6) is -0.0983. The van der Waals surface area contributed by atoms with Crippen LogP contribution in [0, 0.1) is 0 Å². The Balaban J connectivity index is 2.74. The van der Waals surface area contributed by atoms with Crippen molar-refractivity contribution in [1.29, 1.82) is 0 Å². The lowest BCUT2D eigenvalue weighted by Crippen LogP contribution is -2.30. The number of sulfone groups is 2. The van der Waals surface area contributed by atoms with Crippen molar-refractivity contribution in [3.8, 4) is 0 Å². The minimum absolute atomic E-state index is 0.0983. The quantitative estimate of drug-likeness (QED) is 0.754. The highest BCUT2D eigenvalue weighted by atomic mass is 32.3. The van der Waals surface area contributed by atoms with E-state index in [9.17, 15) is 16.8 Å². The van der Waals surface area contributed by atoms with Crippen LogP contribution in [0.2, 0.25) is 0 Å². The summed E-state index contributed by atoms with van der Waals surface area (Å²) in [4.78, 5) is 0. The maximum Gasteiger partial charge on any atom is 0.167 e. The van der Waals surface area contributed by atoms with Crippen LogP contribution >= 0.6 is 0 Å². The standard InChI is InChI=1S/C9H18O4S2/c1-2-14(10,11)8-15(12,13)9-6-4-3-5-7-9/h9H,2-8H2,1H3. The molecule has 0 spiro atoms. The van der Waals surface area contributed by atoms with Crippen molar-refractivity contribution in [2.24, 2.45) is 0 Å². The molecule has 1 saturated carbocycles. The SMILES string of the molecule is CCS(=O)(=O)CS(=O)(=O)C1CCCCC1. The molecule has 0 heterocycles. The molecule has 6 heteroatoms. The molecule has 4 nitrogen and oxygen atoms in total. The van der Waals surface area contributed by atoms with E-state index >= 15 is 0 Å². The van der Waals surface area contributed by atoms with Crippen molar-refractivity contribution < 1.29 is 16.8 Å². The Morgan fingerprint density at radius 3 is 2.00 bits per heavy atom. The van der Waals surface area contributed by atoms with Gasteiger partial charge in [0.1, 0.15) is 0 Å². The second kappa shape index (κ2) is 4.82. The predicted octanol–water partition coefficient (Wildman–Crippen LogP) is 1.13. The van der Waals surface area contributed by atoms with Crippen molar-refractivity contribution >= 4 is 19.7 Å². The van der Waals surface area contributed by atoms with Crippen molar-refractivity contribution in [1.82, 2.24) is 0 Å². The van der Waals surface area contributed by atoms with Crippen molar-refractivity contribution in [3.05, 3.63) is 0 Å². The molecule has 1 aliphatic rings. The van der Waals surface area contributed by atoms with Crippen LogP contribution in [0.3, 0.4) is 0 Å². The second-order valence-corrected chi connectivity index (χ2v) is 9.07. The van der Waals surface area contributed by atoms with Gasteiger partial charge in [0, 0.05) is 5.75 Å². The molecule has 1 aliphatic carbocycles. The van der Waals surface area contributed by atoms with Gasteiger partial charge in [-0.1, -0.05) is 26.2 Å². The molecule has 0 saturated heterocycles. The molecule has 0 radical (unpaired) electrons. The van der Waals surface area contributed by atoms with Gasteiger partial charge in [-0.05, 0) is 12.8 Å². The lowest BCUT2D eigenvalue weighted by Gasteiger charge is -2.21. The second-order valence-electron chi connectivity index (χ2n) is 4.07. The van der Waals surface area contributed by atoms with Gasteiger partial charge in [0.25, 0.3) is 0 Å². The lowest BCUT2D eigenvalue weighted by atomic mass is 10.0. The third-order valence-corrected chi connectivity index (χ3v) is 7.96. The highest BCUT2D eigenvalue weighted by molar-refractivity contribution is 8.08. The normalized spacial score (nSPS) is 20.3. The fourth-order valence-corrected chi connectivity index (χ4v) is 6.34. The van der Waals surface area contributed by atoms with Gasteiger partial charge in [0.05, 0.1) is 5.25 Å². The molecular weight excluding hydrogens is 236 g/mol. The van der Waals surface area contributed by atoms with E-state index in [1.54, 1.807) is 0 Å². The largest absolute Gasteiger partial charge is 0.228 e. The van der Waals surface area contributed by atoms with Crippen LogP contribution in [0.1, 0.15) is 39.0 Å². The average Bonchev–Trinajstić information content (AvgIpc) is 2.18. The molecule has 0 amide bonds. The van der Waals surface area contributed by atoms with E-state index in [1.807, 2.05) is 0 Å². The molecule has 1 rings (SSSR count). The molecule has 0 aromatic carbocycles. The smallest absolute Gasteiger partial charge is 0.167 e. The Labute approximate surface area is 91.9 Å². The fraction of sp³-hybridized carbons (Fsp3) is 1.00. The Morgan fingerprint density at radius 1 is 1.00 bits per heavy atom. The molecule has 0 bridgehead atoms. The first kappa shape index (κ1) is 13.0. The van der Waals surface area contributed by atoms with Crippen molar-refractivity contribution in [2.75, 3.05) is 10.8 Å². The summed E-state index contributed by atoms with van der Waals surface area (Å²) in [7, 11) is -6.86. The van der Waals surface area contributed by atoms with E-state index in [1.165, 1.54) is 6.92 Å². The van der Waals surface area contributed by atoms with Crippen LogP contribution in [-0.4, -0.2) is 32.9 Å². The zero-order valence-electron chi connectivity index (χ0n) is 8.98. The predicted molar refractivity (Wildman–Crippen MR) is 60.1 cm³/mol. The summed E-state index contributed by atoms with van der Waals surface area (Å²) in [6, 6.07) is 0. The first-order valence-corrected chi connectivity index (χ1v) is 8.83. The van der Waals surface area contributed by atoms with Gasteiger partial charge in [-0.3, -0.25) is 0 Å². The van der Waals surface area contributed by atoms with Gasteiger partial charge in [0.2, 0.25) is 0 Å². The zero-order valence-corrected chi connectivity index (χ0v) is 10.6. The first-order chi connectivity index (χ1) is 6.87. The van der Waals surface area contributed by atoms with E-state index in [-0.39, 0.29) is 5.75 Å². The molecule has 0 atom stereocenters. The summed E-state index contributed by atoms with van der Waals surface area (Å²) in [6.45, 7) is 1.48. The van der Waals surface area contributed by atoms with Crippen LogP contribution in [0.15, 0.2) is 0 Å². The van der Waals surface area contributed by atoms with Gasteiger partial charge >= 0.3 is 0 Å². The molecule has 0 N–H and O–H groups in total. The van der Waals surface area contributed by atoms with Crippen LogP contribution < -0.4 is 0 Å². The van der Waals surface area contributed by atoms with Crippen molar-refractivity contribution in [2.45, 2.75) is 44.3 Å². The monoisotopic (exact) mass is 254 g/mol. The zero-order chi connectivity index (χ0) is 11.5. The Bertz CT molecular complexity index is 388. The highest BCUT2D eigenvalue weighted by Gasteiger charge is 2.31. The number of rotatable bonds is 4. The van der Waals surface area contributed by atoms with Gasteiger partial charge in [-0.15, -0.1) is 0 Å². The lowest BCUT2D eigenvalue weighted by molar-refractivity contribution is 0.485. The molecule has 15 heavy (non-hydrogen) atoms. The molecule has 0 aliphatic heterocycles. The molecule has 0 unspecified atom stereocenters. The number of hydrogen-bond acceptors (Lipinski definition) is 4. The minimum atomic E-state index is -3.44. The van der Waals surface area contributed by atoms with Crippen LogP contribution in [0.25, 0.3) is 0 Å².